The summed E-state index contributed by atoms with van der Waals surface area (Å²) in [6.07, 6.45) is 5.39. The molecule has 0 unspecified atom stereocenters. The number of rotatable bonds is 2. The van der Waals surface area contributed by atoms with Crippen molar-refractivity contribution in [3.8, 4) is 11.5 Å². The van der Waals surface area contributed by atoms with Crippen molar-refractivity contribution in [2.24, 2.45) is 0 Å². The number of benzene rings is 2. The average Bonchev–Trinajstić information content (AvgIpc) is 3.06. The molecule has 2 aromatic carbocycles. The lowest BCUT2D eigenvalue weighted by molar-refractivity contribution is -0.111. The Hall–Kier alpha value is -2.81. The van der Waals surface area contributed by atoms with Crippen molar-refractivity contribution in [1.82, 2.24) is 0 Å². The Balaban J connectivity index is 2.09. The van der Waals surface area contributed by atoms with Crippen molar-refractivity contribution < 1.29 is 15.0 Å². The van der Waals surface area contributed by atoms with E-state index in [4.69, 9.17) is 0 Å². The molecule has 0 bridgehead atoms. The SMILES string of the molecule is CC(C)(C)c1cc(/C=C2/CC/C(=C\c3cc(C(C)(C)C)c(O)c(C(C)(C)C)c3)C2=O)cc(C(C)(C)C)c1O. The molecule has 0 aliphatic heterocycles. The van der Waals surface area contributed by atoms with Crippen LogP contribution in [0.2, 0.25) is 0 Å². The maximum atomic E-state index is 13.5. The van der Waals surface area contributed by atoms with Gasteiger partial charge < -0.3 is 10.2 Å². The molecule has 1 aliphatic rings. The largest absolute Gasteiger partial charge is 0.507 e. The van der Waals surface area contributed by atoms with Gasteiger partial charge in [-0.25, -0.2) is 0 Å². The first-order valence-electron chi connectivity index (χ1n) is 13.8. The van der Waals surface area contributed by atoms with Gasteiger partial charge in [-0.1, -0.05) is 83.1 Å². The second kappa shape index (κ2) is 9.74. The van der Waals surface area contributed by atoms with E-state index in [1.54, 1.807) is 0 Å². The van der Waals surface area contributed by atoms with Crippen LogP contribution in [-0.4, -0.2) is 16.0 Å². The van der Waals surface area contributed by atoms with Gasteiger partial charge in [0.05, 0.1) is 0 Å². The molecular formula is C35H48O3. The molecule has 1 saturated carbocycles. The summed E-state index contributed by atoms with van der Waals surface area (Å²) in [6.45, 7) is 25.2. The first kappa shape index (κ1) is 29.7. The van der Waals surface area contributed by atoms with Crippen molar-refractivity contribution in [2.75, 3.05) is 0 Å². The van der Waals surface area contributed by atoms with E-state index in [1.165, 1.54) is 0 Å². The molecule has 2 N–H and O–H groups in total. The Morgan fingerprint density at radius 3 is 0.974 bits per heavy atom. The summed E-state index contributed by atoms with van der Waals surface area (Å²) in [4.78, 5) is 13.5. The normalized spacial score (nSPS) is 17.6. The lowest BCUT2D eigenvalue weighted by Crippen LogP contribution is -2.17. The smallest absolute Gasteiger partial charge is 0.185 e. The number of phenols is 2. The predicted molar refractivity (Wildman–Crippen MR) is 161 cm³/mol. The maximum absolute atomic E-state index is 13.5. The summed E-state index contributed by atoms with van der Waals surface area (Å²) in [5.41, 5.74) is 6.19. The Labute approximate surface area is 230 Å². The highest BCUT2D eigenvalue weighted by Gasteiger charge is 2.29. The number of carbonyl (C=O) groups is 1. The zero-order chi connectivity index (χ0) is 29.0. The molecule has 3 rings (SSSR count). The van der Waals surface area contributed by atoms with Crippen molar-refractivity contribution in [3.63, 3.8) is 0 Å². The van der Waals surface area contributed by atoms with Gasteiger partial charge in [0.2, 0.25) is 0 Å². The van der Waals surface area contributed by atoms with Gasteiger partial charge in [-0.3, -0.25) is 4.79 Å². The zero-order valence-corrected chi connectivity index (χ0v) is 25.7. The van der Waals surface area contributed by atoms with E-state index in [1.807, 2.05) is 36.4 Å². The second-order valence-electron chi connectivity index (χ2n) is 15.1. The Morgan fingerprint density at radius 2 is 0.763 bits per heavy atom. The molecule has 3 nitrogen and oxygen atoms in total. The van der Waals surface area contributed by atoms with Gasteiger partial charge in [0.15, 0.2) is 5.78 Å². The molecule has 1 fully saturated rings. The van der Waals surface area contributed by atoms with Crippen LogP contribution >= 0.6 is 0 Å². The summed E-state index contributed by atoms with van der Waals surface area (Å²) >= 11 is 0. The number of Topliss-reactive ketones (excluding diaryl/α,β-unsaturated/α-hetero) is 1. The highest BCUT2D eigenvalue weighted by molar-refractivity contribution is 6.15. The Morgan fingerprint density at radius 1 is 0.526 bits per heavy atom. The molecular weight excluding hydrogens is 468 g/mol. The number of phenolic OH excluding ortho intramolecular Hbond substituents is 2. The van der Waals surface area contributed by atoms with Gasteiger partial charge in [0, 0.05) is 33.4 Å². The van der Waals surface area contributed by atoms with Crippen LogP contribution in [0.5, 0.6) is 11.5 Å². The minimum atomic E-state index is -0.224. The minimum absolute atomic E-state index is 0.0791. The molecule has 206 valence electrons. The number of aromatic hydroxyl groups is 2. The quantitative estimate of drug-likeness (QED) is 0.391. The Bertz CT molecular complexity index is 1140. The number of ketones is 1. The topological polar surface area (TPSA) is 57.5 Å². The second-order valence-corrected chi connectivity index (χ2v) is 15.1. The van der Waals surface area contributed by atoms with E-state index in [9.17, 15) is 15.0 Å². The molecule has 0 aromatic heterocycles. The first-order chi connectivity index (χ1) is 17.1. The standard InChI is InChI=1S/C35H48O3/c1-32(2,3)25-17-21(18-26(30(25)37)33(4,5)6)15-23-13-14-24(29(23)36)16-22-19-27(34(7,8)9)31(38)28(20-22)35(10,11)12/h15-20,37-38H,13-14H2,1-12H3/b23-15-,24-16+. The lowest BCUT2D eigenvalue weighted by atomic mass is 9.78. The Kier molecular flexibility index (Phi) is 7.62. The molecule has 0 spiro atoms. The van der Waals surface area contributed by atoms with Crippen LogP contribution < -0.4 is 0 Å². The highest BCUT2D eigenvalue weighted by atomic mass is 16.3. The maximum Gasteiger partial charge on any atom is 0.185 e. The summed E-state index contributed by atoms with van der Waals surface area (Å²) in [5, 5.41) is 22.1. The molecule has 38 heavy (non-hydrogen) atoms. The van der Waals surface area contributed by atoms with Crippen LogP contribution in [0.4, 0.5) is 0 Å². The molecule has 1 aliphatic carbocycles. The molecule has 3 heteroatoms. The highest BCUT2D eigenvalue weighted by Crippen LogP contribution is 2.42. The van der Waals surface area contributed by atoms with E-state index >= 15 is 0 Å². The third-order valence-electron chi connectivity index (χ3n) is 7.43. The first-order valence-corrected chi connectivity index (χ1v) is 13.8. The molecule has 2 aromatic rings. The van der Waals surface area contributed by atoms with Crippen LogP contribution in [0, 0.1) is 0 Å². The average molecular weight is 517 g/mol. The summed E-state index contributed by atoms with van der Waals surface area (Å²) in [5.74, 6) is 0.777. The van der Waals surface area contributed by atoms with Gasteiger partial charge in [0.25, 0.3) is 0 Å². The summed E-state index contributed by atoms with van der Waals surface area (Å²) in [7, 11) is 0. The number of carbonyl (C=O) groups excluding carboxylic acids is 1. The number of allylic oxidation sites excluding steroid dienone is 2. The summed E-state index contributed by atoms with van der Waals surface area (Å²) < 4.78 is 0. The number of hydrogen-bond acceptors (Lipinski definition) is 3. The van der Waals surface area contributed by atoms with Crippen molar-refractivity contribution in [3.05, 3.63) is 68.8 Å². The van der Waals surface area contributed by atoms with E-state index in [-0.39, 0.29) is 27.4 Å². The van der Waals surface area contributed by atoms with Crippen LogP contribution in [0.25, 0.3) is 12.2 Å². The van der Waals surface area contributed by atoms with Crippen molar-refractivity contribution in [1.29, 1.82) is 0 Å². The minimum Gasteiger partial charge on any atom is -0.507 e. The molecule has 0 saturated heterocycles. The molecule has 0 heterocycles. The number of hydrogen-bond donors (Lipinski definition) is 2. The zero-order valence-electron chi connectivity index (χ0n) is 25.7. The fourth-order valence-corrected chi connectivity index (χ4v) is 5.15. The van der Waals surface area contributed by atoms with E-state index in [2.05, 4.69) is 83.1 Å². The van der Waals surface area contributed by atoms with Crippen LogP contribution in [-0.2, 0) is 26.5 Å². The van der Waals surface area contributed by atoms with Gasteiger partial charge in [0.1, 0.15) is 11.5 Å². The molecule has 0 amide bonds. The van der Waals surface area contributed by atoms with Gasteiger partial charge in [-0.05, 0) is 82.0 Å². The van der Waals surface area contributed by atoms with Gasteiger partial charge in [-0.15, -0.1) is 0 Å². The van der Waals surface area contributed by atoms with E-state index < -0.39 is 0 Å². The van der Waals surface area contributed by atoms with Gasteiger partial charge >= 0.3 is 0 Å². The van der Waals surface area contributed by atoms with Crippen LogP contribution in [0.15, 0.2) is 35.4 Å². The van der Waals surface area contributed by atoms with E-state index in [0.717, 1.165) is 44.5 Å². The molecule has 0 radical (unpaired) electrons. The van der Waals surface area contributed by atoms with Crippen LogP contribution in [0.1, 0.15) is 129 Å². The third kappa shape index (κ3) is 6.25. The van der Waals surface area contributed by atoms with E-state index in [0.29, 0.717) is 24.3 Å². The summed E-state index contributed by atoms with van der Waals surface area (Å²) in [6, 6.07) is 8.10. The lowest BCUT2D eigenvalue weighted by Gasteiger charge is -2.28. The predicted octanol–water partition coefficient (Wildman–Crippen LogP) is 9.12. The third-order valence-corrected chi connectivity index (χ3v) is 7.43. The fraction of sp³-hybridized carbons (Fsp3) is 0.514. The van der Waals surface area contributed by atoms with Crippen LogP contribution in [0.3, 0.4) is 0 Å². The van der Waals surface area contributed by atoms with Gasteiger partial charge in [-0.2, -0.15) is 0 Å². The fourth-order valence-electron chi connectivity index (χ4n) is 5.15. The van der Waals surface area contributed by atoms with Crippen molar-refractivity contribution >= 4 is 17.9 Å². The molecule has 0 atom stereocenters. The monoisotopic (exact) mass is 516 g/mol. The van der Waals surface area contributed by atoms with Crippen molar-refractivity contribution in [2.45, 2.75) is 118 Å².